The summed E-state index contributed by atoms with van der Waals surface area (Å²) >= 11 is 0. The number of sulfonamides is 1. The highest BCUT2D eigenvalue weighted by molar-refractivity contribution is 7.92. The number of ether oxygens (including phenoxy) is 1. The number of carbonyl (C=O) groups excluding carboxylic acids is 1. The molecule has 0 radical (unpaired) electrons. The molecule has 0 spiro atoms. The standard InChI is InChI=1S/C14H17N5O4S/c1-19(2)14-16-7-9(8-17-14)18-24(21,22)10-4-5-12(23-3)11(6-10)13(15)20/h4-8,18H,1-3H3,(H2,15,20). The predicted molar refractivity (Wildman–Crippen MR) is 88.7 cm³/mol. The van der Waals surface area contributed by atoms with Crippen LogP contribution in [0.4, 0.5) is 11.6 Å². The van der Waals surface area contributed by atoms with Crippen molar-refractivity contribution in [3.63, 3.8) is 0 Å². The Labute approximate surface area is 139 Å². The molecule has 0 saturated heterocycles. The van der Waals surface area contributed by atoms with E-state index in [4.69, 9.17) is 10.5 Å². The minimum Gasteiger partial charge on any atom is -0.496 e. The minimum absolute atomic E-state index is 0.0282. The number of nitrogens with one attached hydrogen (secondary N) is 1. The molecule has 9 nitrogen and oxygen atoms in total. The van der Waals surface area contributed by atoms with E-state index in [2.05, 4.69) is 14.7 Å². The zero-order valence-corrected chi connectivity index (χ0v) is 14.2. The highest BCUT2D eigenvalue weighted by Gasteiger charge is 2.19. The van der Waals surface area contributed by atoms with Crippen molar-refractivity contribution in [2.45, 2.75) is 4.90 Å². The summed E-state index contributed by atoms with van der Waals surface area (Å²) in [6.45, 7) is 0. The Bertz CT molecular complexity index is 850. The lowest BCUT2D eigenvalue weighted by atomic mass is 10.2. The van der Waals surface area contributed by atoms with Gasteiger partial charge in [0.2, 0.25) is 5.95 Å². The van der Waals surface area contributed by atoms with E-state index in [0.29, 0.717) is 5.95 Å². The number of nitrogens with zero attached hydrogens (tertiary/aromatic N) is 3. The number of anilines is 2. The molecule has 0 aliphatic rings. The maximum Gasteiger partial charge on any atom is 0.262 e. The largest absolute Gasteiger partial charge is 0.496 e. The molecule has 1 amide bonds. The van der Waals surface area contributed by atoms with E-state index in [1.54, 1.807) is 19.0 Å². The molecule has 0 aliphatic carbocycles. The van der Waals surface area contributed by atoms with E-state index in [-0.39, 0.29) is 21.9 Å². The van der Waals surface area contributed by atoms with Crippen molar-refractivity contribution in [2.75, 3.05) is 30.8 Å². The molecule has 0 atom stereocenters. The van der Waals surface area contributed by atoms with Gasteiger partial charge in [0.15, 0.2) is 0 Å². The first-order valence-corrected chi connectivity index (χ1v) is 8.23. The summed E-state index contributed by atoms with van der Waals surface area (Å²) in [6, 6.07) is 3.82. The second-order valence-corrected chi connectivity index (χ2v) is 6.68. The van der Waals surface area contributed by atoms with Crippen LogP contribution in [0.2, 0.25) is 0 Å². The number of aromatic nitrogens is 2. The Morgan fingerprint density at radius 2 is 1.88 bits per heavy atom. The zero-order valence-electron chi connectivity index (χ0n) is 13.3. The normalized spacial score (nSPS) is 11.0. The van der Waals surface area contributed by atoms with Crippen molar-refractivity contribution >= 4 is 27.6 Å². The van der Waals surface area contributed by atoms with Crippen LogP contribution in [-0.2, 0) is 10.0 Å². The van der Waals surface area contributed by atoms with Gasteiger partial charge in [-0.05, 0) is 18.2 Å². The first-order chi connectivity index (χ1) is 11.2. The number of nitrogens with two attached hydrogens (primary N) is 1. The molecular weight excluding hydrogens is 334 g/mol. The van der Waals surface area contributed by atoms with Gasteiger partial charge in [0.05, 0.1) is 35.6 Å². The number of benzene rings is 1. The van der Waals surface area contributed by atoms with Crippen molar-refractivity contribution in [3.05, 3.63) is 36.2 Å². The molecule has 0 aliphatic heterocycles. The Morgan fingerprint density at radius 1 is 1.25 bits per heavy atom. The number of hydrogen-bond donors (Lipinski definition) is 2. The van der Waals surface area contributed by atoms with E-state index in [0.717, 1.165) is 6.07 Å². The molecule has 1 aromatic heterocycles. The van der Waals surface area contributed by atoms with Gasteiger partial charge in [0, 0.05) is 14.1 Å². The third-order valence-electron chi connectivity index (χ3n) is 3.04. The van der Waals surface area contributed by atoms with Crippen molar-refractivity contribution in [1.82, 2.24) is 9.97 Å². The molecule has 0 unspecified atom stereocenters. The average Bonchev–Trinajstić information content (AvgIpc) is 2.54. The van der Waals surface area contributed by atoms with Gasteiger partial charge in [0.1, 0.15) is 5.75 Å². The SMILES string of the molecule is COc1ccc(S(=O)(=O)Nc2cnc(N(C)C)nc2)cc1C(N)=O. The highest BCUT2D eigenvalue weighted by Crippen LogP contribution is 2.23. The fourth-order valence-corrected chi connectivity index (χ4v) is 2.92. The second-order valence-electron chi connectivity index (χ2n) is 5.00. The summed E-state index contributed by atoms with van der Waals surface area (Å²) < 4.78 is 32.2. The molecule has 0 bridgehead atoms. The fraction of sp³-hybridized carbons (Fsp3) is 0.214. The highest BCUT2D eigenvalue weighted by atomic mass is 32.2. The topological polar surface area (TPSA) is 128 Å². The first kappa shape index (κ1) is 17.5. The van der Waals surface area contributed by atoms with E-state index in [1.165, 1.54) is 31.6 Å². The summed E-state index contributed by atoms with van der Waals surface area (Å²) in [5.74, 6) is -0.152. The number of methoxy groups -OCH3 is 1. The van der Waals surface area contributed by atoms with Crippen LogP contribution in [-0.4, -0.2) is 45.5 Å². The zero-order chi connectivity index (χ0) is 17.9. The molecule has 2 aromatic rings. The number of rotatable bonds is 6. The van der Waals surface area contributed by atoms with Crippen molar-refractivity contribution < 1.29 is 17.9 Å². The van der Waals surface area contributed by atoms with Gasteiger partial charge in [-0.25, -0.2) is 18.4 Å². The molecule has 2 rings (SSSR count). The van der Waals surface area contributed by atoms with Crippen molar-refractivity contribution in [3.8, 4) is 5.75 Å². The van der Waals surface area contributed by atoms with E-state index < -0.39 is 15.9 Å². The Balaban J connectivity index is 2.33. The lowest BCUT2D eigenvalue weighted by molar-refractivity contribution is 0.0997. The van der Waals surface area contributed by atoms with Crippen LogP contribution in [0.1, 0.15) is 10.4 Å². The van der Waals surface area contributed by atoms with Crippen LogP contribution >= 0.6 is 0 Å². The number of primary amides is 1. The maximum absolute atomic E-state index is 12.4. The van der Waals surface area contributed by atoms with Crippen molar-refractivity contribution in [1.29, 1.82) is 0 Å². The summed E-state index contributed by atoms with van der Waals surface area (Å²) in [4.78, 5) is 21.0. The van der Waals surface area contributed by atoms with Gasteiger partial charge in [-0.2, -0.15) is 0 Å². The van der Waals surface area contributed by atoms with Crippen LogP contribution < -0.4 is 20.1 Å². The van der Waals surface area contributed by atoms with Crippen LogP contribution in [0.3, 0.4) is 0 Å². The van der Waals surface area contributed by atoms with Gasteiger partial charge in [-0.1, -0.05) is 0 Å². The number of carbonyl (C=O) groups is 1. The van der Waals surface area contributed by atoms with Crippen LogP contribution in [0.5, 0.6) is 5.75 Å². The van der Waals surface area contributed by atoms with Gasteiger partial charge in [0.25, 0.3) is 15.9 Å². The monoisotopic (exact) mass is 351 g/mol. The summed E-state index contributed by atoms with van der Waals surface area (Å²) in [5, 5.41) is 0. The van der Waals surface area contributed by atoms with Crippen LogP contribution in [0.25, 0.3) is 0 Å². The first-order valence-electron chi connectivity index (χ1n) is 6.74. The van der Waals surface area contributed by atoms with Gasteiger partial charge in [-0.15, -0.1) is 0 Å². The molecule has 1 aromatic carbocycles. The minimum atomic E-state index is -3.93. The average molecular weight is 351 g/mol. The smallest absolute Gasteiger partial charge is 0.262 e. The Morgan fingerprint density at radius 3 is 2.38 bits per heavy atom. The predicted octanol–water partition coefficient (Wildman–Crippen LogP) is 0.451. The second kappa shape index (κ2) is 6.71. The quantitative estimate of drug-likeness (QED) is 0.773. The lowest BCUT2D eigenvalue weighted by Crippen LogP contribution is -2.17. The molecule has 1 heterocycles. The molecule has 0 fully saturated rings. The van der Waals surface area contributed by atoms with Gasteiger partial charge in [-0.3, -0.25) is 9.52 Å². The molecule has 24 heavy (non-hydrogen) atoms. The van der Waals surface area contributed by atoms with Gasteiger partial charge < -0.3 is 15.4 Å². The molecule has 128 valence electrons. The summed E-state index contributed by atoms with van der Waals surface area (Å²) in [6.07, 6.45) is 2.69. The van der Waals surface area contributed by atoms with E-state index in [1.807, 2.05) is 0 Å². The maximum atomic E-state index is 12.4. The third kappa shape index (κ3) is 3.71. The van der Waals surface area contributed by atoms with Crippen molar-refractivity contribution in [2.24, 2.45) is 5.73 Å². The van der Waals surface area contributed by atoms with Gasteiger partial charge >= 0.3 is 0 Å². The van der Waals surface area contributed by atoms with Crippen LogP contribution in [0, 0.1) is 0 Å². The lowest BCUT2D eigenvalue weighted by Gasteiger charge is -2.12. The molecule has 10 heteroatoms. The molecule has 0 saturated carbocycles. The van der Waals surface area contributed by atoms with Crippen LogP contribution in [0.15, 0.2) is 35.5 Å². The van der Waals surface area contributed by atoms with E-state index >= 15 is 0 Å². The third-order valence-corrected chi connectivity index (χ3v) is 4.42. The molecular formula is C14H17N5O4S. The number of hydrogen-bond acceptors (Lipinski definition) is 7. The Hall–Kier alpha value is -2.88. The molecule has 3 N–H and O–H groups in total. The fourth-order valence-electron chi connectivity index (χ4n) is 1.87. The number of amides is 1. The Kier molecular flexibility index (Phi) is 4.88. The van der Waals surface area contributed by atoms with E-state index in [9.17, 15) is 13.2 Å². The summed E-state index contributed by atoms with van der Waals surface area (Å²) in [7, 11) is 0.956. The summed E-state index contributed by atoms with van der Waals surface area (Å²) in [5.41, 5.74) is 5.40.